The van der Waals surface area contributed by atoms with Crippen LogP contribution in [0.3, 0.4) is 0 Å². The number of nitro benzene ring substituents is 1. The van der Waals surface area contributed by atoms with E-state index in [1.54, 1.807) is 6.92 Å². The third-order valence-corrected chi connectivity index (χ3v) is 3.27. The molecule has 20 heavy (non-hydrogen) atoms. The molecule has 0 bridgehead atoms. The summed E-state index contributed by atoms with van der Waals surface area (Å²) in [5.74, 6) is 0.0801. The molecule has 0 saturated carbocycles. The number of anilines is 1. The van der Waals surface area contributed by atoms with Gasteiger partial charge in [0.05, 0.1) is 29.6 Å². The molecule has 0 aromatic heterocycles. The van der Waals surface area contributed by atoms with Gasteiger partial charge in [-0.15, -0.1) is 0 Å². The molecule has 1 aromatic carbocycles. The van der Waals surface area contributed by atoms with Gasteiger partial charge in [-0.1, -0.05) is 6.92 Å². The Balaban J connectivity index is 2.31. The summed E-state index contributed by atoms with van der Waals surface area (Å²) in [6.07, 6.45) is -5.33. The maximum absolute atomic E-state index is 12.6. The Kier molecular flexibility index (Phi) is 3.49. The molecule has 110 valence electrons. The molecular weight excluding hydrogens is 277 g/mol. The second kappa shape index (κ2) is 4.84. The average molecular weight is 290 g/mol. The number of nitro groups is 1. The lowest BCUT2D eigenvalue weighted by Gasteiger charge is -2.39. The van der Waals surface area contributed by atoms with Crippen molar-refractivity contribution in [2.24, 2.45) is 0 Å². The zero-order valence-corrected chi connectivity index (χ0v) is 10.7. The zero-order valence-electron chi connectivity index (χ0n) is 10.7. The van der Waals surface area contributed by atoms with Crippen molar-refractivity contribution in [3.05, 3.63) is 28.3 Å². The first-order valence-corrected chi connectivity index (χ1v) is 6.03. The van der Waals surface area contributed by atoms with Crippen molar-refractivity contribution in [1.29, 1.82) is 0 Å². The predicted octanol–water partition coefficient (Wildman–Crippen LogP) is 3.50. The Morgan fingerprint density at radius 3 is 2.75 bits per heavy atom. The van der Waals surface area contributed by atoms with Gasteiger partial charge >= 0.3 is 6.18 Å². The maximum Gasteiger partial charge on any atom is 0.392 e. The van der Waals surface area contributed by atoms with Gasteiger partial charge in [0.2, 0.25) is 0 Å². The van der Waals surface area contributed by atoms with E-state index >= 15 is 0 Å². The molecular formula is C12H13F3N2O3. The Bertz CT molecular complexity index is 533. The van der Waals surface area contributed by atoms with Gasteiger partial charge in [-0.25, -0.2) is 0 Å². The molecule has 0 spiro atoms. The number of halogens is 3. The van der Waals surface area contributed by atoms with Crippen LogP contribution in [0.1, 0.15) is 19.8 Å². The third-order valence-electron chi connectivity index (χ3n) is 3.27. The van der Waals surface area contributed by atoms with Crippen molar-refractivity contribution < 1.29 is 22.8 Å². The molecule has 2 rings (SSSR count). The SMILES string of the molecule is CCC1(CC(F)(F)F)CNc2ccc([N+](=O)[O-])cc2O1. The molecule has 1 atom stereocenters. The van der Waals surface area contributed by atoms with Crippen LogP contribution in [-0.4, -0.2) is 23.2 Å². The molecule has 1 aliphatic rings. The van der Waals surface area contributed by atoms with Gasteiger partial charge in [0, 0.05) is 6.07 Å². The van der Waals surface area contributed by atoms with E-state index < -0.39 is 23.1 Å². The summed E-state index contributed by atoms with van der Waals surface area (Å²) >= 11 is 0. The normalized spacial score (nSPS) is 21.6. The van der Waals surface area contributed by atoms with Crippen molar-refractivity contribution in [1.82, 2.24) is 0 Å². The first kappa shape index (κ1) is 14.4. The van der Waals surface area contributed by atoms with E-state index in [-0.39, 0.29) is 24.4 Å². The summed E-state index contributed by atoms with van der Waals surface area (Å²) in [4.78, 5) is 10.1. The van der Waals surface area contributed by atoms with Crippen LogP contribution >= 0.6 is 0 Å². The molecule has 0 aliphatic carbocycles. The van der Waals surface area contributed by atoms with Gasteiger partial charge in [-0.05, 0) is 12.5 Å². The summed E-state index contributed by atoms with van der Waals surface area (Å²) in [6.45, 7) is 1.60. The van der Waals surface area contributed by atoms with Gasteiger partial charge in [-0.2, -0.15) is 13.2 Å². The van der Waals surface area contributed by atoms with Gasteiger partial charge in [-0.3, -0.25) is 10.1 Å². The molecule has 0 radical (unpaired) electrons. The fourth-order valence-electron chi connectivity index (χ4n) is 2.17. The molecule has 1 aliphatic heterocycles. The van der Waals surface area contributed by atoms with Crippen molar-refractivity contribution in [2.75, 3.05) is 11.9 Å². The quantitative estimate of drug-likeness (QED) is 0.683. The van der Waals surface area contributed by atoms with Crippen molar-refractivity contribution in [3.8, 4) is 5.75 Å². The van der Waals surface area contributed by atoms with E-state index in [1.165, 1.54) is 12.1 Å². The number of nitrogens with one attached hydrogen (secondary N) is 1. The Morgan fingerprint density at radius 1 is 1.50 bits per heavy atom. The number of hydrogen-bond donors (Lipinski definition) is 1. The summed E-state index contributed by atoms with van der Waals surface area (Å²) in [5.41, 5.74) is -1.19. The van der Waals surface area contributed by atoms with E-state index in [2.05, 4.69) is 5.32 Å². The molecule has 1 unspecified atom stereocenters. The number of rotatable bonds is 3. The van der Waals surface area contributed by atoms with Gasteiger partial charge < -0.3 is 10.1 Å². The minimum atomic E-state index is -4.37. The molecule has 1 heterocycles. The molecule has 5 nitrogen and oxygen atoms in total. The third kappa shape index (κ3) is 2.94. The maximum atomic E-state index is 12.6. The van der Waals surface area contributed by atoms with Crippen LogP contribution in [0, 0.1) is 10.1 Å². The number of non-ortho nitro benzene ring substituents is 1. The Labute approximate surface area is 112 Å². The topological polar surface area (TPSA) is 64.4 Å². The Hall–Kier alpha value is -1.99. The lowest BCUT2D eigenvalue weighted by Crippen LogP contribution is -2.48. The highest BCUT2D eigenvalue weighted by Gasteiger charge is 2.45. The largest absolute Gasteiger partial charge is 0.483 e. The fourth-order valence-corrected chi connectivity index (χ4v) is 2.17. The molecule has 1 N–H and O–H groups in total. The highest BCUT2D eigenvalue weighted by Crippen LogP contribution is 2.41. The van der Waals surface area contributed by atoms with Crippen LogP contribution in [0.4, 0.5) is 24.5 Å². The number of hydrogen-bond acceptors (Lipinski definition) is 4. The lowest BCUT2D eigenvalue weighted by atomic mass is 9.93. The van der Waals surface area contributed by atoms with Crippen LogP contribution in [0.5, 0.6) is 5.75 Å². The number of fused-ring (bicyclic) bond motifs is 1. The van der Waals surface area contributed by atoms with Gasteiger partial charge in [0.15, 0.2) is 0 Å². The minimum Gasteiger partial charge on any atom is -0.483 e. The van der Waals surface area contributed by atoms with Gasteiger partial charge in [0.25, 0.3) is 5.69 Å². The first-order chi connectivity index (χ1) is 9.25. The predicted molar refractivity (Wildman–Crippen MR) is 65.9 cm³/mol. The van der Waals surface area contributed by atoms with Crippen LogP contribution in [0.2, 0.25) is 0 Å². The second-order valence-corrected chi connectivity index (χ2v) is 4.72. The molecule has 0 fully saturated rings. The van der Waals surface area contributed by atoms with E-state index in [4.69, 9.17) is 4.74 Å². The van der Waals surface area contributed by atoms with Crippen LogP contribution in [-0.2, 0) is 0 Å². The van der Waals surface area contributed by atoms with Crippen LogP contribution in [0.25, 0.3) is 0 Å². The van der Waals surface area contributed by atoms with Crippen molar-refractivity contribution in [3.63, 3.8) is 0 Å². The Morgan fingerprint density at radius 2 is 2.20 bits per heavy atom. The molecule has 0 saturated heterocycles. The standard InChI is InChI=1S/C12H13F3N2O3/c1-2-11(6-12(13,14)15)7-16-9-4-3-8(17(18)19)5-10(9)20-11/h3-5,16H,2,6-7H2,1H3. The fraction of sp³-hybridized carbons (Fsp3) is 0.500. The zero-order chi connectivity index (χ0) is 15.0. The highest BCUT2D eigenvalue weighted by molar-refractivity contribution is 5.62. The summed E-state index contributed by atoms with van der Waals surface area (Å²) in [6, 6.07) is 3.85. The van der Waals surface area contributed by atoms with E-state index in [9.17, 15) is 23.3 Å². The van der Waals surface area contributed by atoms with Crippen LogP contribution < -0.4 is 10.1 Å². The van der Waals surface area contributed by atoms with Gasteiger partial charge in [0.1, 0.15) is 11.4 Å². The minimum absolute atomic E-state index is 0.00776. The van der Waals surface area contributed by atoms with E-state index in [1.807, 2.05) is 0 Å². The molecule has 1 aromatic rings. The molecule has 0 amide bonds. The van der Waals surface area contributed by atoms with E-state index in [0.717, 1.165) is 6.07 Å². The van der Waals surface area contributed by atoms with E-state index in [0.29, 0.717) is 5.69 Å². The number of benzene rings is 1. The monoisotopic (exact) mass is 290 g/mol. The smallest absolute Gasteiger partial charge is 0.392 e. The second-order valence-electron chi connectivity index (χ2n) is 4.72. The first-order valence-electron chi connectivity index (χ1n) is 6.03. The van der Waals surface area contributed by atoms with Crippen molar-refractivity contribution >= 4 is 11.4 Å². The highest BCUT2D eigenvalue weighted by atomic mass is 19.4. The average Bonchev–Trinajstić information content (AvgIpc) is 2.35. The van der Waals surface area contributed by atoms with Crippen LogP contribution in [0.15, 0.2) is 18.2 Å². The summed E-state index contributed by atoms with van der Waals surface area (Å²) in [7, 11) is 0. The lowest BCUT2D eigenvalue weighted by molar-refractivity contribution is -0.385. The van der Waals surface area contributed by atoms with Crippen molar-refractivity contribution in [2.45, 2.75) is 31.5 Å². The number of nitrogens with zero attached hydrogens (tertiary/aromatic N) is 1. The molecule has 8 heteroatoms. The number of ether oxygens (including phenoxy) is 1. The summed E-state index contributed by atoms with van der Waals surface area (Å²) in [5, 5.41) is 13.5. The summed E-state index contributed by atoms with van der Waals surface area (Å²) < 4.78 is 43.4. The number of alkyl halides is 3.